The van der Waals surface area contributed by atoms with Gasteiger partial charge in [0, 0.05) is 44.1 Å². The van der Waals surface area contributed by atoms with E-state index in [1.807, 2.05) is 23.1 Å². The molecule has 0 atom stereocenters. The fraction of sp³-hybridized carbons (Fsp3) is 0.400. The third-order valence-electron chi connectivity index (χ3n) is 3.89. The van der Waals surface area contributed by atoms with Gasteiger partial charge < -0.3 is 9.80 Å². The summed E-state index contributed by atoms with van der Waals surface area (Å²) < 4.78 is 0. The number of aromatic nitrogens is 3. The Morgan fingerprint density at radius 2 is 1.95 bits per heavy atom. The second-order valence-electron chi connectivity index (χ2n) is 5.13. The predicted molar refractivity (Wildman–Crippen MR) is 79.8 cm³/mol. The molecule has 21 heavy (non-hydrogen) atoms. The van der Waals surface area contributed by atoms with Crippen LogP contribution in [-0.4, -0.2) is 63.6 Å². The van der Waals surface area contributed by atoms with Gasteiger partial charge in [0.15, 0.2) is 0 Å². The summed E-state index contributed by atoms with van der Waals surface area (Å²) in [5, 5.41) is 7.07. The van der Waals surface area contributed by atoms with Crippen molar-refractivity contribution in [3.8, 4) is 11.3 Å². The van der Waals surface area contributed by atoms with Crippen LogP contribution < -0.4 is 0 Å². The van der Waals surface area contributed by atoms with Gasteiger partial charge in [0.2, 0.25) is 0 Å². The number of nitrogens with zero attached hydrogens (tertiary/aromatic N) is 4. The van der Waals surface area contributed by atoms with E-state index in [0.29, 0.717) is 5.69 Å². The summed E-state index contributed by atoms with van der Waals surface area (Å²) in [4.78, 5) is 20.7. The molecule has 2 aromatic rings. The van der Waals surface area contributed by atoms with E-state index in [1.165, 1.54) is 0 Å². The van der Waals surface area contributed by atoms with Crippen molar-refractivity contribution in [1.82, 2.24) is 25.0 Å². The Balaban J connectivity index is 1.70. The lowest BCUT2D eigenvalue weighted by atomic mass is 10.2. The molecule has 2 aromatic heterocycles. The molecule has 0 bridgehead atoms. The average Bonchev–Trinajstić information content (AvgIpc) is 3.05. The van der Waals surface area contributed by atoms with Gasteiger partial charge in [-0.25, -0.2) is 0 Å². The Bertz CT molecular complexity index is 602. The highest BCUT2D eigenvalue weighted by molar-refractivity contribution is 5.93. The molecule has 110 valence electrons. The Labute approximate surface area is 123 Å². The predicted octanol–water partition coefficient (Wildman–Crippen LogP) is 1.25. The van der Waals surface area contributed by atoms with Crippen molar-refractivity contribution in [2.75, 3.05) is 32.7 Å². The highest BCUT2D eigenvalue weighted by Crippen LogP contribution is 2.17. The molecule has 0 saturated carbocycles. The molecule has 1 saturated heterocycles. The van der Waals surface area contributed by atoms with Crippen LogP contribution in [0.25, 0.3) is 11.3 Å². The van der Waals surface area contributed by atoms with Crippen molar-refractivity contribution in [3.05, 3.63) is 36.3 Å². The van der Waals surface area contributed by atoms with Crippen LogP contribution in [-0.2, 0) is 0 Å². The third-order valence-corrected chi connectivity index (χ3v) is 3.89. The van der Waals surface area contributed by atoms with Crippen molar-refractivity contribution in [2.45, 2.75) is 6.92 Å². The lowest BCUT2D eigenvalue weighted by Crippen LogP contribution is -2.48. The topological polar surface area (TPSA) is 65.1 Å². The third kappa shape index (κ3) is 2.95. The molecule has 1 aliphatic rings. The molecule has 0 spiro atoms. The Morgan fingerprint density at radius 3 is 2.62 bits per heavy atom. The van der Waals surface area contributed by atoms with Gasteiger partial charge in [-0.1, -0.05) is 6.92 Å². The van der Waals surface area contributed by atoms with Crippen LogP contribution in [0.2, 0.25) is 0 Å². The smallest absolute Gasteiger partial charge is 0.271 e. The van der Waals surface area contributed by atoms with Crippen molar-refractivity contribution in [1.29, 1.82) is 0 Å². The van der Waals surface area contributed by atoms with E-state index in [9.17, 15) is 4.79 Å². The van der Waals surface area contributed by atoms with E-state index < -0.39 is 0 Å². The van der Waals surface area contributed by atoms with Crippen LogP contribution in [0.4, 0.5) is 0 Å². The van der Waals surface area contributed by atoms with Crippen LogP contribution in [0.1, 0.15) is 17.4 Å². The number of H-pyrrole nitrogens is 1. The molecule has 3 heterocycles. The lowest BCUT2D eigenvalue weighted by molar-refractivity contribution is 0.0637. The number of hydrogen-bond acceptors (Lipinski definition) is 4. The monoisotopic (exact) mass is 285 g/mol. The number of likely N-dealkylation sites (N-methyl/N-ethyl adjacent to an activating group) is 1. The lowest BCUT2D eigenvalue weighted by Gasteiger charge is -2.33. The first kappa shape index (κ1) is 13.8. The summed E-state index contributed by atoms with van der Waals surface area (Å²) in [5.74, 6) is 0.0264. The Hall–Kier alpha value is -2.21. The Morgan fingerprint density at radius 1 is 1.24 bits per heavy atom. The summed E-state index contributed by atoms with van der Waals surface area (Å²) in [6.07, 6.45) is 3.44. The zero-order valence-corrected chi connectivity index (χ0v) is 12.1. The van der Waals surface area contributed by atoms with Crippen LogP contribution in [0.15, 0.2) is 30.6 Å². The number of aromatic amines is 1. The minimum Gasteiger partial charge on any atom is -0.335 e. The van der Waals surface area contributed by atoms with Crippen LogP contribution in [0, 0.1) is 0 Å². The highest BCUT2D eigenvalue weighted by atomic mass is 16.2. The zero-order chi connectivity index (χ0) is 14.7. The highest BCUT2D eigenvalue weighted by Gasteiger charge is 2.22. The molecule has 1 N–H and O–H groups in total. The van der Waals surface area contributed by atoms with Crippen molar-refractivity contribution < 1.29 is 4.79 Å². The quantitative estimate of drug-likeness (QED) is 0.922. The molecule has 0 radical (unpaired) electrons. The maximum absolute atomic E-state index is 12.5. The van der Waals surface area contributed by atoms with Gasteiger partial charge >= 0.3 is 0 Å². The number of carbonyl (C=O) groups excluding carboxylic acids is 1. The summed E-state index contributed by atoms with van der Waals surface area (Å²) in [6.45, 7) is 6.61. The molecule has 1 fully saturated rings. The first-order chi connectivity index (χ1) is 10.3. The van der Waals surface area contributed by atoms with Crippen molar-refractivity contribution in [2.24, 2.45) is 0 Å². The van der Waals surface area contributed by atoms with Gasteiger partial charge in [0.1, 0.15) is 5.69 Å². The number of amides is 1. The summed E-state index contributed by atoms with van der Waals surface area (Å²) in [6, 6.07) is 5.57. The first-order valence-electron chi connectivity index (χ1n) is 7.25. The SMILES string of the molecule is CCN1CCN(C(=O)c2cc(-c3ccncc3)n[nH]2)CC1. The van der Waals surface area contributed by atoms with Gasteiger partial charge in [-0.3, -0.25) is 14.9 Å². The fourth-order valence-electron chi connectivity index (χ4n) is 2.54. The minimum atomic E-state index is 0.0264. The van der Waals surface area contributed by atoms with Gasteiger partial charge in [-0.2, -0.15) is 5.10 Å². The number of carbonyl (C=O) groups is 1. The molecule has 0 unspecified atom stereocenters. The number of hydrogen-bond donors (Lipinski definition) is 1. The number of piperazine rings is 1. The summed E-state index contributed by atoms with van der Waals surface area (Å²) in [7, 11) is 0. The average molecular weight is 285 g/mol. The molecule has 1 amide bonds. The summed E-state index contributed by atoms with van der Waals surface area (Å²) >= 11 is 0. The molecular weight excluding hydrogens is 266 g/mol. The van der Waals surface area contributed by atoms with E-state index in [2.05, 4.69) is 27.0 Å². The van der Waals surface area contributed by atoms with Crippen LogP contribution in [0.3, 0.4) is 0 Å². The van der Waals surface area contributed by atoms with E-state index in [4.69, 9.17) is 0 Å². The van der Waals surface area contributed by atoms with E-state index in [-0.39, 0.29) is 5.91 Å². The van der Waals surface area contributed by atoms with Gasteiger partial charge in [-0.15, -0.1) is 0 Å². The zero-order valence-electron chi connectivity index (χ0n) is 12.1. The Kier molecular flexibility index (Phi) is 3.96. The maximum atomic E-state index is 12.5. The molecule has 0 aromatic carbocycles. The number of nitrogens with one attached hydrogen (secondary N) is 1. The molecule has 3 rings (SSSR count). The maximum Gasteiger partial charge on any atom is 0.271 e. The standard InChI is InChI=1S/C15H19N5O/c1-2-19-7-9-20(10-8-19)15(21)14-11-13(17-18-14)12-3-5-16-6-4-12/h3-6,11H,2,7-10H2,1H3,(H,17,18). The van der Waals surface area contributed by atoms with Crippen molar-refractivity contribution >= 4 is 5.91 Å². The van der Waals surface area contributed by atoms with E-state index in [1.54, 1.807) is 12.4 Å². The minimum absolute atomic E-state index is 0.0264. The number of pyridine rings is 1. The first-order valence-corrected chi connectivity index (χ1v) is 7.25. The summed E-state index contributed by atoms with van der Waals surface area (Å²) in [5.41, 5.74) is 2.27. The molecule has 6 heteroatoms. The van der Waals surface area contributed by atoms with Crippen molar-refractivity contribution in [3.63, 3.8) is 0 Å². The van der Waals surface area contributed by atoms with Gasteiger partial charge in [0.25, 0.3) is 5.91 Å². The van der Waals surface area contributed by atoms with E-state index >= 15 is 0 Å². The molecule has 6 nitrogen and oxygen atoms in total. The molecular formula is C15H19N5O. The fourth-order valence-corrected chi connectivity index (χ4v) is 2.54. The second kappa shape index (κ2) is 6.05. The second-order valence-corrected chi connectivity index (χ2v) is 5.13. The molecule has 1 aliphatic heterocycles. The molecule has 0 aliphatic carbocycles. The van der Waals surface area contributed by atoms with E-state index in [0.717, 1.165) is 44.0 Å². The van der Waals surface area contributed by atoms with Gasteiger partial charge in [0.05, 0.1) is 5.69 Å². The van der Waals surface area contributed by atoms with Crippen LogP contribution in [0.5, 0.6) is 0 Å². The van der Waals surface area contributed by atoms with Crippen LogP contribution >= 0.6 is 0 Å². The largest absolute Gasteiger partial charge is 0.335 e. The van der Waals surface area contributed by atoms with Gasteiger partial charge in [-0.05, 0) is 24.7 Å². The normalized spacial score (nSPS) is 16.1. The number of rotatable bonds is 3.